The van der Waals surface area contributed by atoms with Crippen molar-refractivity contribution in [3.05, 3.63) is 23.8 Å². The van der Waals surface area contributed by atoms with E-state index in [0.717, 1.165) is 18.4 Å². The Bertz CT molecular complexity index is 469. The Morgan fingerprint density at radius 2 is 1.86 bits per heavy atom. The highest BCUT2D eigenvalue weighted by Crippen LogP contribution is 2.28. The van der Waals surface area contributed by atoms with Crippen molar-refractivity contribution in [3.8, 4) is 11.5 Å². The third kappa shape index (κ3) is 5.77. The molecule has 0 fully saturated rings. The first-order valence-electron chi connectivity index (χ1n) is 7.11. The SMILES string of the molecule is COc1cc(CCC(C)(C)N[S+]([O-])C(C)(C)C)ccc1O. The fourth-order valence-electron chi connectivity index (χ4n) is 1.79. The number of hydrogen-bond acceptors (Lipinski definition) is 4. The molecular formula is C16H27NO3S. The van der Waals surface area contributed by atoms with Gasteiger partial charge in [0.05, 0.1) is 12.6 Å². The summed E-state index contributed by atoms with van der Waals surface area (Å²) in [5.74, 6) is 0.629. The number of benzene rings is 1. The van der Waals surface area contributed by atoms with Crippen LogP contribution < -0.4 is 9.46 Å². The van der Waals surface area contributed by atoms with Crippen molar-refractivity contribution >= 4 is 11.4 Å². The van der Waals surface area contributed by atoms with Crippen molar-refractivity contribution in [3.63, 3.8) is 0 Å². The molecule has 5 heteroatoms. The Kier molecular flexibility index (Phi) is 5.96. The van der Waals surface area contributed by atoms with Crippen molar-refractivity contribution < 1.29 is 14.4 Å². The van der Waals surface area contributed by atoms with Crippen LogP contribution in [0.5, 0.6) is 11.5 Å². The number of nitrogens with one attached hydrogen (secondary N) is 1. The van der Waals surface area contributed by atoms with Gasteiger partial charge in [0.1, 0.15) is 4.75 Å². The molecule has 0 spiro atoms. The summed E-state index contributed by atoms with van der Waals surface area (Å²) in [6, 6.07) is 5.36. The molecule has 0 aliphatic rings. The largest absolute Gasteiger partial charge is 0.598 e. The zero-order chi connectivity index (χ0) is 16.3. The number of ether oxygens (including phenoxy) is 1. The van der Waals surface area contributed by atoms with E-state index in [9.17, 15) is 9.66 Å². The van der Waals surface area contributed by atoms with Gasteiger partial charge >= 0.3 is 0 Å². The fourth-order valence-corrected chi connectivity index (χ4v) is 2.70. The van der Waals surface area contributed by atoms with E-state index in [2.05, 4.69) is 4.72 Å². The number of phenols is 1. The quantitative estimate of drug-likeness (QED) is 0.792. The van der Waals surface area contributed by atoms with Crippen LogP contribution in [0.2, 0.25) is 0 Å². The molecule has 0 bridgehead atoms. The molecule has 0 aliphatic carbocycles. The van der Waals surface area contributed by atoms with Gasteiger partial charge in [0.25, 0.3) is 0 Å². The summed E-state index contributed by atoms with van der Waals surface area (Å²) >= 11 is -1.09. The van der Waals surface area contributed by atoms with Crippen molar-refractivity contribution in [1.29, 1.82) is 0 Å². The zero-order valence-corrected chi connectivity index (χ0v) is 14.6. The molecule has 2 N–H and O–H groups in total. The smallest absolute Gasteiger partial charge is 0.160 e. The second-order valence-corrected chi connectivity index (χ2v) is 8.84. The van der Waals surface area contributed by atoms with Crippen LogP contribution in [0.1, 0.15) is 46.6 Å². The fraction of sp³-hybridized carbons (Fsp3) is 0.625. The van der Waals surface area contributed by atoms with Crippen LogP contribution in [0.15, 0.2) is 18.2 Å². The molecule has 0 saturated carbocycles. The minimum absolute atomic E-state index is 0.146. The van der Waals surface area contributed by atoms with E-state index in [1.165, 1.54) is 7.11 Å². The van der Waals surface area contributed by atoms with Crippen molar-refractivity contribution in [2.24, 2.45) is 0 Å². The van der Waals surface area contributed by atoms with Crippen LogP contribution in [0.4, 0.5) is 0 Å². The Hall–Kier alpha value is -0.910. The van der Waals surface area contributed by atoms with Gasteiger partial charge in [-0.2, -0.15) is 0 Å². The van der Waals surface area contributed by atoms with Crippen LogP contribution in [-0.4, -0.2) is 27.1 Å². The van der Waals surface area contributed by atoms with Crippen LogP contribution in [0.25, 0.3) is 0 Å². The predicted molar refractivity (Wildman–Crippen MR) is 88.1 cm³/mol. The lowest BCUT2D eigenvalue weighted by atomic mass is 9.96. The topological polar surface area (TPSA) is 64.5 Å². The van der Waals surface area contributed by atoms with E-state index in [-0.39, 0.29) is 16.0 Å². The number of phenolic OH excluding ortho intramolecular Hbond substituents is 1. The third-order valence-electron chi connectivity index (χ3n) is 3.21. The first kappa shape index (κ1) is 18.1. The number of rotatable bonds is 6. The van der Waals surface area contributed by atoms with Gasteiger partial charge in [0.2, 0.25) is 0 Å². The molecular weight excluding hydrogens is 286 g/mol. The van der Waals surface area contributed by atoms with Crippen LogP contribution >= 0.6 is 0 Å². The van der Waals surface area contributed by atoms with Gasteiger partial charge in [-0.15, -0.1) is 4.72 Å². The molecule has 120 valence electrons. The first-order chi connectivity index (χ1) is 9.55. The first-order valence-corrected chi connectivity index (χ1v) is 8.26. The van der Waals surface area contributed by atoms with Crippen molar-refractivity contribution in [2.75, 3.05) is 7.11 Å². The highest BCUT2D eigenvalue weighted by Gasteiger charge is 2.32. The molecule has 0 heterocycles. The van der Waals surface area contributed by atoms with E-state index in [1.54, 1.807) is 6.07 Å². The van der Waals surface area contributed by atoms with Gasteiger partial charge in [-0.1, -0.05) is 6.07 Å². The van der Waals surface area contributed by atoms with Gasteiger partial charge in [-0.05, 0) is 65.2 Å². The third-order valence-corrected chi connectivity index (χ3v) is 5.06. The molecule has 1 unspecified atom stereocenters. The molecule has 0 aromatic heterocycles. The lowest BCUT2D eigenvalue weighted by Gasteiger charge is -2.32. The van der Waals surface area contributed by atoms with Gasteiger partial charge in [-0.3, -0.25) is 0 Å². The summed E-state index contributed by atoms with van der Waals surface area (Å²) in [7, 11) is 1.54. The van der Waals surface area contributed by atoms with Crippen molar-refractivity contribution in [1.82, 2.24) is 4.72 Å². The highest BCUT2D eigenvalue weighted by molar-refractivity contribution is 7.90. The summed E-state index contributed by atoms with van der Waals surface area (Å²) < 4.78 is 20.2. The standard InChI is InChI=1S/C16H27NO3S/c1-15(2,3)21(19)17-16(4,5)10-9-12-7-8-13(18)14(11-12)20-6/h7-8,11,17-18H,9-10H2,1-6H3. The average Bonchev–Trinajstić information content (AvgIpc) is 2.36. The molecule has 21 heavy (non-hydrogen) atoms. The lowest BCUT2D eigenvalue weighted by molar-refractivity contribution is 0.372. The van der Waals surface area contributed by atoms with E-state index in [0.29, 0.717) is 5.75 Å². The van der Waals surface area contributed by atoms with E-state index < -0.39 is 11.4 Å². The number of aryl methyl sites for hydroxylation is 1. The predicted octanol–water partition coefficient (Wildman–Crippen LogP) is 3.16. The number of methoxy groups -OCH3 is 1. The Balaban J connectivity index is 2.65. The van der Waals surface area contributed by atoms with Crippen molar-refractivity contribution in [2.45, 2.75) is 57.7 Å². The summed E-state index contributed by atoms with van der Waals surface area (Å²) in [5.41, 5.74) is 0.851. The maximum absolute atomic E-state index is 12.2. The lowest BCUT2D eigenvalue weighted by Crippen LogP contribution is -2.50. The van der Waals surface area contributed by atoms with Gasteiger partial charge in [0, 0.05) is 11.4 Å². The summed E-state index contributed by atoms with van der Waals surface area (Å²) in [4.78, 5) is 0. The summed E-state index contributed by atoms with van der Waals surface area (Å²) in [6.45, 7) is 9.97. The molecule has 4 nitrogen and oxygen atoms in total. The zero-order valence-electron chi connectivity index (χ0n) is 13.8. The van der Waals surface area contributed by atoms with E-state index in [4.69, 9.17) is 4.74 Å². The molecule has 1 atom stereocenters. The minimum Gasteiger partial charge on any atom is -0.598 e. The maximum atomic E-state index is 12.2. The second-order valence-electron chi connectivity index (χ2n) is 6.87. The maximum Gasteiger partial charge on any atom is 0.160 e. The molecule has 0 radical (unpaired) electrons. The molecule has 0 amide bonds. The van der Waals surface area contributed by atoms with Gasteiger partial charge < -0.3 is 14.4 Å². The second kappa shape index (κ2) is 6.90. The molecule has 1 rings (SSSR count). The van der Waals surface area contributed by atoms with Gasteiger partial charge in [-0.25, -0.2) is 0 Å². The average molecular weight is 313 g/mol. The molecule has 1 aromatic carbocycles. The molecule has 0 aliphatic heterocycles. The normalized spacial score (nSPS) is 14.0. The van der Waals surface area contributed by atoms with Crippen LogP contribution in [0, 0.1) is 0 Å². The Labute approximate surface area is 131 Å². The number of aromatic hydroxyl groups is 1. The monoisotopic (exact) mass is 313 g/mol. The molecule has 0 saturated heterocycles. The minimum atomic E-state index is -1.09. The van der Waals surface area contributed by atoms with Crippen LogP contribution in [0.3, 0.4) is 0 Å². The van der Waals surface area contributed by atoms with Gasteiger partial charge in [0.15, 0.2) is 11.5 Å². The highest BCUT2D eigenvalue weighted by atomic mass is 32.2. The van der Waals surface area contributed by atoms with Crippen LogP contribution in [-0.2, 0) is 17.8 Å². The van der Waals surface area contributed by atoms with E-state index in [1.807, 2.05) is 46.8 Å². The number of hydrogen-bond donors (Lipinski definition) is 2. The Morgan fingerprint density at radius 1 is 1.24 bits per heavy atom. The Morgan fingerprint density at radius 3 is 2.38 bits per heavy atom. The van der Waals surface area contributed by atoms with E-state index >= 15 is 0 Å². The summed E-state index contributed by atoms with van der Waals surface area (Å²) in [5, 5.41) is 9.59. The summed E-state index contributed by atoms with van der Waals surface area (Å²) in [6.07, 6.45) is 1.65. The molecule has 1 aromatic rings.